The molecule has 128 valence electrons. The van der Waals surface area contributed by atoms with Gasteiger partial charge in [0, 0.05) is 24.7 Å². The first-order chi connectivity index (χ1) is 11.1. The van der Waals surface area contributed by atoms with Crippen molar-refractivity contribution in [2.45, 2.75) is 77.8 Å². The van der Waals surface area contributed by atoms with Gasteiger partial charge >= 0.3 is 6.03 Å². The first kappa shape index (κ1) is 16.3. The number of aromatic nitrogens is 1. The monoisotopic (exact) mass is 319 g/mol. The number of nitrogens with one attached hydrogen (secondary N) is 1. The molecule has 1 aliphatic heterocycles. The van der Waals surface area contributed by atoms with Crippen molar-refractivity contribution in [3.8, 4) is 0 Å². The summed E-state index contributed by atoms with van der Waals surface area (Å²) in [6.07, 6.45) is 10.3. The maximum Gasteiger partial charge on any atom is 0.317 e. The van der Waals surface area contributed by atoms with E-state index in [2.05, 4.69) is 15.4 Å². The van der Waals surface area contributed by atoms with Gasteiger partial charge in [0.1, 0.15) is 5.76 Å². The molecule has 2 heterocycles. The van der Waals surface area contributed by atoms with Crippen LogP contribution in [0.3, 0.4) is 0 Å². The van der Waals surface area contributed by atoms with Gasteiger partial charge in [-0.05, 0) is 39.0 Å². The van der Waals surface area contributed by atoms with Crippen LogP contribution in [0.1, 0.15) is 68.4 Å². The molecule has 5 nitrogen and oxygen atoms in total. The minimum absolute atomic E-state index is 0.0725. The first-order valence-corrected chi connectivity index (χ1v) is 9.11. The number of rotatable bonds is 4. The third kappa shape index (κ3) is 3.88. The van der Waals surface area contributed by atoms with Crippen LogP contribution >= 0.6 is 0 Å². The molecule has 2 fully saturated rings. The maximum absolute atomic E-state index is 12.6. The summed E-state index contributed by atoms with van der Waals surface area (Å²) in [6, 6.07) is 0.506. The smallest absolute Gasteiger partial charge is 0.317 e. The summed E-state index contributed by atoms with van der Waals surface area (Å²) in [4.78, 5) is 14.6. The van der Waals surface area contributed by atoms with E-state index in [0.29, 0.717) is 12.6 Å². The fourth-order valence-corrected chi connectivity index (χ4v) is 4.18. The molecule has 1 saturated heterocycles. The van der Waals surface area contributed by atoms with Gasteiger partial charge in [0.15, 0.2) is 0 Å². The summed E-state index contributed by atoms with van der Waals surface area (Å²) in [5.41, 5.74) is 1.87. The Morgan fingerprint density at radius 1 is 1.22 bits per heavy atom. The molecule has 0 unspecified atom stereocenters. The summed E-state index contributed by atoms with van der Waals surface area (Å²) in [5, 5.41) is 7.01. The fourth-order valence-electron chi connectivity index (χ4n) is 4.18. The molecule has 2 amide bonds. The van der Waals surface area contributed by atoms with Gasteiger partial charge in [0.05, 0.1) is 5.69 Å². The van der Waals surface area contributed by atoms with Crippen molar-refractivity contribution in [2.24, 2.45) is 5.92 Å². The van der Waals surface area contributed by atoms with Crippen molar-refractivity contribution in [3.63, 3.8) is 0 Å². The second-order valence-electron chi connectivity index (χ2n) is 7.19. The number of hydrogen-bond acceptors (Lipinski definition) is 3. The number of likely N-dealkylation sites (tertiary alicyclic amines) is 1. The molecule has 0 bridgehead atoms. The quantitative estimate of drug-likeness (QED) is 0.914. The van der Waals surface area contributed by atoms with E-state index >= 15 is 0 Å². The highest BCUT2D eigenvalue weighted by Gasteiger charge is 2.31. The summed E-state index contributed by atoms with van der Waals surface area (Å²) in [7, 11) is 0. The van der Waals surface area contributed by atoms with Crippen LogP contribution in [0.2, 0.25) is 0 Å². The van der Waals surface area contributed by atoms with Crippen LogP contribution in [-0.2, 0) is 6.54 Å². The summed E-state index contributed by atoms with van der Waals surface area (Å²) >= 11 is 0. The van der Waals surface area contributed by atoms with Crippen LogP contribution in [0.25, 0.3) is 0 Å². The zero-order valence-corrected chi connectivity index (χ0v) is 14.4. The standard InChI is InChI=1S/C18H29N3O2/c1-13-17(14(2)23-20-13)12-19-18(22)21-10-6-9-16(21)11-15-7-4-3-5-8-15/h15-16H,3-12H2,1-2H3,(H,19,22)/t16-/m0/s1. The van der Waals surface area contributed by atoms with Crippen LogP contribution in [0.15, 0.2) is 4.52 Å². The zero-order chi connectivity index (χ0) is 16.2. The molecule has 1 saturated carbocycles. The van der Waals surface area contributed by atoms with E-state index in [4.69, 9.17) is 4.52 Å². The van der Waals surface area contributed by atoms with Crippen molar-refractivity contribution in [3.05, 3.63) is 17.0 Å². The minimum Gasteiger partial charge on any atom is -0.361 e. The Labute approximate surface area is 138 Å². The van der Waals surface area contributed by atoms with Gasteiger partial charge < -0.3 is 14.7 Å². The van der Waals surface area contributed by atoms with Crippen LogP contribution < -0.4 is 5.32 Å². The molecular weight excluding hydrogens is 290 g/mol. The Kier molecular flexibility index (Phi) is 5.23. The summed E-state index contributed by atoms with van der Waals surface area (Å²) in [5.74, 6) is 1.62. The number of carbonyl (C=O) groups is 1. The number of urea groups is 1. The highest BCUT2D eigenvalue weighted by Crippen LogP contribution is 2.32. The third-order valence-electron chi connectivity index (χ3n) is 5.57. The zero-order valence-electron chi connectivity index (χ0n) is 14.4. The molecular formula is C18H29N3O2. The van der Waals surface area contributed by atoms with E-state index in [0.717, 1.165) is 42.3 Å². The van der Waals surface area contributed by atoms with Gasteiger partial charge in [0.25, 0.3) is 0 Å². The molecule has 1 aliphatic carbocycles. The van der Waals surface area contributed by atoms with Gasteiger partial charge in [-0.3, -0.25) is 0 Å². The number of hydrogen-bond donors (Lipinski definition) is 1. The lowest BCUT2D eigenvalue weighted by Gasteiger charge is -2.30. The molecule has 3 rings (SSSR count). The van der Waals surface area contributed by atoms with Gasteiger partial charge in [-0.15, -0.1) is 0 Å². The minimum atomic E-state index is 0.0725. The van der Waals surface area contributed by atoms with E-state index in [1.165, 1.54) is 38.5 Å². The Bertz CT molecular complexity index is 515. The van der Waals surface area contributed by atoms with E-state index in [1.54, 1.807) is 0 Å². The lowest BCUT2D eigenvalue weighted by atomic mass is 9.84. The van der Waals surface area contributed by atoms with E-state index in [1.807, 2.05) is 13.8 Å². The number of carbonyl (C=O) groups excluding carboxylic acids is 1. The van der Waals surface area contributed by atoms with Gasteiger partial charge in [-0.2, -0.15) is 0 Å². The predicted molar refractivity (Wildman–Crippen MR) is 89.1 cm³/mol. The average Bonchev–Trinajstić information content (AvgIpc) is 3.14. The van der Waals surface area contributed by atoms with E-state index in [-0.39, 0.29) is 6.03 Å². The SMILES string of the molecule is Cc1noc(C)c1CNC(=O)N1CCC[C@H]1CC1CCCCC1. The van der Waals surface area contributed by atoms with Crippen molar-refractivity contribution < 1.29 is 9.32 Å². The van der Waals surface area contributed by atoms with Gasteiger partial charge in [-0.1, -0.05) is 37.3 Å². The normalized spacial score (nSPS) is 22.5. The first-order valence-electron chi connectivity index (χ1n) is 9.11. The molecule has 0 radical (unpaired) electrons. The Hall–Kier alpha value is -1.52. The predicted octanol–water partition coefficient (Wildman–Crippen LogP) is 3.94. The summed E-state index contributed by atoms with van der Waals surface area (Å²) < 4.78 is 5.16. The molecule has 1 aromatic heterocycles. The molecule has 5 heteroatoms. The van der Waals surface area contributed by atoms with E-state index < -0.39 is 0 Å². The molecule has 23 heavy (non-hydrogen) atoms. The number of aryl methyl sites for hydroxylation is 2. The Morgan fingerprint density at radius 3 is 2.70 bits per heavy atom. The Morgan fingerprint density at radius 2 is 2.00 bits per heavy atom. The van der Waals surface area contributed by atoms with Crippen LogP contribution in [0, 0.1) is 19.8 Å². The molecule has 1 aromatic rings. The van der Waals surface area contributed by atoms with Crippen molar-refractivity contribution in [2.75, 3.05) is 6.54 Å². The van der Waals surface area contributed by atoms with Crippen molar-refractivity contribution in [1.82, 2.24) is 15.4 Å². The maximum atomic E-state index is 12.6. The number of amides is 2. The molecule has 1 atom stereocenters. The van der Waals surface area contributed by atoms with Crippen molar-refractivity contribution in [1.29, 1.82) is 0 Å². The molecule has 0 spiro atoms. The average molecular weight is 319 g/mol. The lowest BCUT2D eigenvalue weighted by molar-refractivity contribution is 0.177. The fraction of sp³-hybridized carbons (Fsp3) is 0.778. The second-order valence-corrected chi connectivity index (χ2v) is 7.19. The second kappa shape index (κ2) is 7.37. The summed E-state index contributed by atoms with van der Waals surface area (Å²) in [6.45, 7) is 5.21. The van der Waals surface area contributed by atoms with Gasteiger partial charge in [-0.25, -0.2) is 4.79 Å². The van der Waals surface area contributed by atoms with Crippen LogP contribution in [0.4, 0.5) is 4.79 Å². The highest BCUT2D eigenvalue weighted by atomic mass is 16.5. The van der Waals surface area contributed by atoms with E-state index in [9.17, 15) is 4.79 Å². The topological polar surface area (TPSA) is 58.4 Å². The molecule has 0 aromatic carbocycles. The number of nitrogens with zero attached hydrogens (tertiary/aromatic N) is 2. The molecule has 1 N–H and O–H groups in total. The van der Waals surface area contributed by atoms with Gasteiger partial charge in [0.2, 0.25) is 0 Å². The van der Waals surface area contributed by atoms with Crippen molar-refractivity contribution >= 4 is 6.03 Å². The third-order valence-corrected chi connectivity index (χ3v) is 5.57. The molecule has 2 aliphatic rings. The van der Waals surface area contributed by atoms with Crippen LogP contribution in [0.5, 0.6) is 0 Å². The highest BCUT2D eigenvalue weighted by molar-refractivity contribution is 5.74. The lowest BCUT2D eigenvalue weighted by Crippen LogP contribution is -2.43. The Balaban J connectivity index is 1.53. The largest absolute Gasteiger partial charge is 0.361 e. The van der Waals surface area contributed by atoms with Crippen LogP contribution in [-0.4, -0.2) is 28.7 Å².